The molecule has 1 atom stereocenters. The molecule has 1 heterocycles. The van der Waals surface area contributed by atoms with Crippen molar-refractivity contribution < 1.29 is 14.4 Å². The highest BCUT2D eigenvalue weighted by Gasteiger charge is 2.33. The molecule has 0 bridgehead atoms. The van der Waals surface area contributed by atoms with E-state index in [1.54, 1.807) is 23.1 Å². The van der Waals surface area contributed by atoms with E-state index in [0.717, 1.165) is 12.8 Å². The van der Waals surface area contributed by atoms with Crippen molar-refractivity contribution in [2.24, 2.45) is 11.3 Å². The third-order valence-corrected chi connectivity index (χ3v) is 4.51. The number of rotatable bonds is 3. The highest BCUT2D eigenvalue weighted by atomic mass is 35.5. The van der Waals surface area contributed by atoms with Crippen molar-refractivity contribution in [3.63, 3.8) is 0 Å². The SMILES string of the molecule is CC(=O)Nc1ccc(Cl)cc1NC(=O)C1CCCN(C(=O)C(C)(C)C)C1. The van der Waals surface area contributed by atoms with Crippen LogP contribution in [0.3, 0.4) is 0 Å². The Labute approximate surface area is 159 Å². The Balaban J connectivity index is 2.11. The van der Waals surface area contributed by atoms with Gasteiger partial charge in [-0.3, -0.25) is 14.4 Å². The predicted molar refractivity (Wildman–Crippen MR) is 103 cm³/mol. The first kappa shape index (κ1) is 20.2. The predicted octanol–water partition coefficient (Wildman–Crippen LogP) is 3.52. The van der Waals surface area contributed by atoms with E-state index in [1.807, 2.05) is 20.8 Å². The van der Waals surface area contributed by atoms with E-state index in [1.165, 1.54) is 6.92 Å². The quantitative estimate of drug-likeness (QED) is 0.843. The van der Waals surface area contributed by atoms with E-state index in [9.17, 15) is 14.4 Å². The standard InChI is InChI=1S/C19H26ClN3O3/c1-12(24)21-15-8-7-14(20)10-16(15)22-17(25)13-6-5-9-23(11-13)18(26)19(2,3)4/h7-8,10,13H,5-6,9,11H2,1-4H3,(H,21,24)(H,22,25). The molecule has 6 nitrogen and oxygen atoms in total. The molecule has 0 radical (unpaired) electrons. The molecule has 1 saturated heterocycles. The minimum atomic E-state index is -0.468. The van der Waals surface area contributed by atoms with Crippen LogP contribution in [0.25, 0.3) is 0 Å². The number of carbonyl (C=O) groups is 3. The van der Waals surface area contributed by atoms with Crippen LogP contribution >= 0.6 is 11.6 Å². The van der Waals surface area contributed by atoms with Gasteiger partial charge in [-0.1, -0.05) is 32.4 Å². The van der Waals surface area contributed by atoms with E-state index in [0.29, 0.717) is 29.5 Å². The van der Waals surface area contributed by atoms with E-state index >= 15 is 0 Å². The number of piperidine rings is 1. The van der Waals surface area contributed by atoms with Gasteiger partial charge in [0.1, 0.15) is 0 Å². The third kappa shape index (κ3) is 5.21. The summed E-state index contributed by atoms with van der Waals surface area (Å²) < 4.78 is 0. The van der Waals surface area contributed by atoms with Gasteiger partial charge in [0.15, 0.2) is 0 Å². The molecule has 0 aromatic heterocycles. The molecule has 2 rings (SSSR count). The number of nitrogens with one attached hydrogen (secondary N) is 2. The first-order valence-electron chi connectivity index (χ1n) is 8.75. The van der Waals surface area contributed by atoms with E-state index in [4.69, 9.17) is 11.6 Å². The molecule has 0 spiro atoms. The molecule has 1 aromatic carbocycles. The van der Waals surface area contributed by atoms with Gasteiger partial charge in [-0.2, -0.15) is 0 Å². The zero-order chi connectivity index (χ0) is 19.5. The Kier molecular flexibility index (Phi) is 6.29. The molecule has 7 heteroatoms. The van der Waals surface area contributed by atoms with Crippen molar-refractivity contribution in [2.75, 3.05) is 23.7 Å². The van der Waals surface area contributed by atoms with E-state index in [-0.39, 0.29) is 23.6 Å². The zero-order valence-corrected chi connectivity index (χ0v) is 16.4. The van der Waals surface area contributed by atoms with Crippen molar-refractivity contribution >= 4 is 40.7 Å². The number of anilines is 2. The fraction of sp³-hybridized carbons (Fsp3) is 0.526. The average Bonchev–Trinajstić information content (AvgIpc) is 2.55. The van der Waals surface area contributed by atoms with Gasteiger partial charge in [0.2, 0.25) is 17.7 Å². The van der Waals surface area contributed by atoms with Crippen LogP contribution in [-0.4, -0.2) is 35.7 Å². The summed E-state index contributed by atoms with van der Waals surface area (Å²) in [6.45, 7) is 8.11. The van der Waals surface area contributed by atoms with Gasteiger partial charge < -0.3 is 15.5 Å². The molecule has 0 saturated carbocycles. The molecule has 1 unspecified atom stereocenters. The Morgan fingerprint density at radius 1 is 1.15 bits per heavy atom. The van der Waals surface area contributed by atoms with Gasteiger partial charge in [0, 0.05) is 30.5 Å². The lowest BCUT2D eigenvalue weighted by Crippen LogP contribution is -2.47. The summed E-state index contributed by atoms with van der Waals surface area (Å²) in [5.74, 6) is -0.649. The Morgan fingerprint density at radius 2 is 1.85 bits per heavy atom. The first-order chi connectivity index (χ1) is 12.1. The minimum absolute atomic E-state index is 0.0525. The number of hydrogen-bond donors (Lipinski definition) is 2. The normalized spacial score (nSPS) is 17.6. The minimum Gasteiger partial charge on any atom is -0.341 e. The lowest BCUT2D eigenvalue weighted by atomic mass is 9.91. The Hall–Kier alpha value is -2.08. The van der Waals surface area contributed by atoms with E-state index < -0.39 is 5.41 Å². The monoisotopic (exact) mass is 379 g/mol. The number of carbonyl (C=O) groups excluding carboxylic acids is 3. The molecular weight excluding hydrogens is 354 g/mol. The first-order valence-corrected chi connectivity index (χ1v) is 9.13. The molecular formula is C19H26ClN3O3. The van der Waals surface area contributed by atoms with Crippen LogP contribution in [0.1, 0.15) is 40.5 Å². The molecule has 1 aromatic rings. The maximum Gasteiger partial charge on any atom is 0.229 e. The van der Waals surface area contributed by atoms with Crippen LogP contribution in [0.4, 0.5) is 11.4 Å². The number of likely N-dealkylation sites (tertiary alicyclic amines) is 1. The number of hydrogen-bond acceptors (Lipinski definition) is 3. The second-order valence-electron chi connectivity index (χ2n) is 7.70. The molecule has 1 fully saturated rings. The van der Waals surface area contributed by atoms with Gasteiger partial charge in [-0.05, 0) is 31.0 Å². The highest BCUT2D eigenvalue weighted by molar-refractivity contribution is 6.31. The van der Waals surface area contributed by atoms with Crippen molar-refractivity contribution in [2.45, 2.75) is 40.5 Å². The summed E-state index contributed by atoms with van der Waals surface area (Å²) >= 11 is 6.02. The molecule has 142 valence electrons. The van der Waals surface area contributed by atoms with Gasteiger partial charge in [-0.25, -0.2) is 0 Å². The number of nitrogens with zero attached hydrogens (tertiary/aromatic N) is 1. The fourth-order valence-electron chi connectivity index (χ4n) is 3.00. The van der Waals surface area contributed by atoms with E-state index in [2.05, 4.69) is 10.6 Å². The summed E-state index contributed by atoms with van der Waals surface area (Å²) in [5, 5.41) is 5.99. The fourth-order valence-corrected chi connectivity index (χ4v) is 3.18. The zero-order valence-electron chi connectivity index (χ0n) is 15.7. The lowest BCUT2D eigenvalue weighted by molar-refractivity contribution is -0.142. The summed E-state index contributed by atoms with van der Waals surface area (Å²) in [6.07, 6.45) is 1.50. The largest absolute Gasteiger partial charge is 0.341 e. The van der Waals surface area contributed by atoms with Gasteiger partial charge in [0.05, 0.1) is 17.3 Å². The molecule has 3 amide bonds. The average molecular weight is 380 g/mol. The molecule has 1 aliphatic heterocycles. The van der Waals surface area contributed by atoms with Crippen molar-refractivity contribution in [1.29, 1.82) is 0 Å². The highest BCUT2D eigenvalue weighted by Crippen LogP contribution is 2.28. The molecule has 1 aliphatic rings. The topological polar surface area (TPSA) is 78.5 Å². The molecule has 0 aliphatic carbocycles. The Morgan fingerprint density at radius 3 is 2.46 bits per heavy atom. The van der Waals surface area contributed by atoms with Crippen LogP contribution in [-0.2, 0) is 14.4 Å². The summed E-state index contributed by atoms with van der Waals surface area (Å²) in [5.41, 5.74) is 0.481. The number of halogens is 1. The maximum atomic E-state index is 12.7. The lowest BCUT2D eigenvalue weighted by Gasteiger charge is -2.36. The van der Waals surface area contributed by atoms with Crippen LogP contribution in [0.5, 0.6) is 0 Å². The van der Waals surface area contributed by atoms with Crippen molar-refractivity contribution in [3.8, 4) is 0 Å². The van der Waals surface area contributed by atoms with Crippen LogP contribution < -0.4 is 10.6 Å². The van der Waals surface area contributed by atoms with Crippen LogP contribution in [0.2, 0.25) is 5.02 Å². The van der Waals surface area contributed by atoms with Crippen molar-refractivity contribution in [3.05, 3.63) is 23.2 Å². The molecule has 26 heavy (non-hydrogen) atoms. The summed E-state index contributed by atoms with van der Waals surface area (Å²) in [7, 11) is 0. The smallest absolute Gasteiger partial charge is 0.229 e. The van der Waals surface area contributed by atoms with Gasteiger partial charge >= 0.3 is 0 Å². The maximum absolute atomic E-state index is 12.7. The third-order valence-electron chi connectivity index (χ3n) is 4.27. The number of amides is 3. The Bertz CT molecular complexity index is 712. The van der Waals surface area contributed by atoms with Gasteiger partial charge in [0.25, 0.3) is 0 Å². The summed E-state index contributed by atoms with van der Waals surface area (Å²) in [6, 6.07) is 4.90. The van der Waals surface area contributed by atoms with Crippen LogP contribution in [0, 0.1) is 11.3 Å². The molecule has 2 N–H and O–H groups in total. The summed E-state index contributed by atoms with van der Waals surface area (Å²) in [4.78, 5) is 38.3. The van der Waals surface area contributed by atoms with Crippen molar-refractivity contribution in [1.82, 2.24) is 4.90 Å². The van der Waals surface area contributed by atoms with Gasteiger partial charge in [-0.15, -0.1) is 0 Å². The second-order valence-corrected chi connectivity index (χ2v) is 8.14. The number of benzene rings is 1. The van der Waals surface area contributed by atoms with Crippen LogP contribution in [0.15, 0.2) is 18.2 Å². The second kappa shape index (κ2) is 8.08.